The standard InChI is InChI=1S/C13H26N2O/c1-11-8-12(4-5-14-11)9-15-6-7-16-13(2,3)10-15/h11-12,14H,4-10H2,1-3H3. The summed E-state index contributed by atoms with van der Waals surface area (Å²) in [5.41, 5.74) is 0.0524. The first-order valence-corrected chi connectivity index (χ1v) is 6.65. The lowest BCUT2D eigenvalue weighted by Crippen LogP contribution is -2.50. The maximum Gasteiger partial charge on any atom is 0.0753 e. The molecule has 0 saturated carbocycles. The minimum absolute atomic E-state index is 0.0524. The molecular formula is C13H26N2O. The molecule has 16 heavy (non-hydrogen) atoms. The highest BCUT2D eigenvalue weighted by molar-refractivity contribution is 4.83. The molecule has 2 aliphatic heterocycles. The zero-order chi connectivity index (χ0) is 11.6. The highest BCUT2D eigenvalue weighted by atomic mass is 16.5. The molecule has 0 spiro atoms. The molecule has 0 aromatic carbocycles. The monoisotopic (exact) mass is 226 g/mol. The number of piperidine rings is 1. The number of hydrogen-bond donors (Lipinski definition) is 1. The lowest BCUT2D eigenvalue weighted by Gasteiger charge is -2.40. The molecule has 3 nitrogen and oxygen atoms in total. The van der Waals surface area contributed by atoms with Gasteiger partial charge < -0.3 is 10.1 Å². The van der Waals surface area contributed by atoms with Crippen molar-refractivity contribution in [2.75, 3.05) is 32.8 Å². The summed E-state index contributed by atoms with van der Waals surface area (Å²) < 4.78 is 5.75. The lowest BCUT2D eigenvalue weighted by molar-refractivity contribution is -0.0899. The van der Waals surface area contributed by atoms with E-state index in [1.807, 2.05) is 0 Å². The van der Waals surface area contributed by atoms with Gasteiger partial charge in [0, 0.05) is 25.7 Å². The van der Waals surface area contributed by atoms with Crippen molar-refractivity contribution in [2.45, 2.75) is 45.3 Å². The quantitative estimate of drug-likeness (QED) is 0.772. The smallest absolute Gasteiger partial charge is 0.0753 e. The summed E-state index contributed by atoms with van der Waals surface area (Å²) in [4.78, 5) is 2.59. The molecule has 0 bridgehead atoms. The molecule has 0 aromatic heterocycles. The zero-order valence-electron chi connectivity index (χ0n) is 11.0. The van der Waals surface area contributed by atoms with Gasteiger partial charge in [-0.3, -0.25) is 4.90 Å². The van der Waals surface area contributed by atoms with Gasteiger partial charge in [-0.2, -0.15) is 0 Å². The van der Waals surface area contributed by atoms with E-state index in [9.17, 15) is 0 Å². The Morgan fingerprint density at radius 2 is 2.25 bits per heavy atom. The van der Waals surface area contributed by atoms with E-state index >= 15 is 0 Å². The van der Waals surface area contributed by atoms with Crippen molar-refractivity contribution < 1.29 is 4.74 Å². The first kappa shape index (κ1) is 12.3. The third kappa shape index (κ3) is 3.44. The van der Waals surface area contributed by atoms with Crippen molar-refractivity contribution in [1.29, 1.82) is 0 Å². The maximum absolute atomic E-state index is 5.75. The average Bonchev–Trinajstić information content (AvgIpc) is 2.15. The van der Waals surface area contributed by atoms with Crippen molar-refractivity contribution in [2.24, 2.45) is 5.92 Å². The Morgan fingerprint density at radius 3 is 2.94 bits per heavy atom. The number of nitrogens with zero attached hydrogens (tertiary/aromatic N) is 1. The second-order valence-electron chi connectivity index (χ2n) is 6.09. The van der Waals surface area contributed by atoms with Gasteiger partial charge in [0.1, 0.15) is 0 Å². The van der Waals surface area contributed by atoms with Gasteiger partial charge in [-0.05, 0) is 46.1 Å². The third-order valence-corrected chi connectivity index (χ3v) is 3.75. The Kier molecular flexibility index (Phi) is 3.88. The van der Waals surface area contributed by atoms with Crippen LogP contribution in [0.4, 0.5) is 0 Å². The van der Waals surface area contributed by atoms with Gasteiger partial charge >= 0.3 is 0 Å². The molecule has 2 heterocycles. The van der Waals surface area contributed by atoms with Crippen LogP contribution in [0.3, 0.4) is 0 Å². The van der Waals surface area contributed by atoms with Crippen LogP contribution in [0.25, 0.3) is 0 Å². The predicted octanol–water partition coefficient (Wildman–Crippen LogP) is 1.49. The van der Waals surface area contributed by atoms with Crippen LogP contribution in [0.1, 0.15) is 33.6 Å². The van der Waals surface area contributed by atoms with Crippen LogP contribution in [-0.2, 0) is 4.74 Å². The van der Waals surface area contributed by atoms with E-state index in [4.69, 9.17) is 4.74 Å². The molecule has 2 unspecified atom stereocenters. The molecule has 0 amide bonds. The number of nitrogens with one attached hydrogen (secondary N) is 1. The van der Waals surface area contributed by atoms with Crippen LogP contribution >= 0.6 is 0 Å². The fourth-order valence-electron chi connectivity index (χ4n) is 3.04. The van der Waals surface area contributed by atoms with Gasteiger partial charge in [0.15, 0.2) is 0 Å². The number of ether oxygens (including phenoxy) is 1. The number of rotatable bonds is 2. The van der Waals surface area contributed by atoms with Crippen molar-refractivity contribution in [3.63, 3.8) is 0 Å². The van der Waals surface area contributed by atoms with E-state index in [0.717, 1.165) is 25.6 Å². The van der Waals surface area contributed by atoms with E-state index in [0.29, 0.717) is 6.04 Å². The first-order valence-electron chi connectivity index (χ1n) is 6.65. The molecule has 0 aromatic rings. The third-order valence-electron chi connectivity index (χ3n) is 3.75. The van der Waals surface area contributed by atoms with Gasteiger partial charge in [-0.15, -0.1) is 0 Å². The summed E-state index contributed by atoms with van der Waals surface area (Å²) in [6.07, 6.45) is 2.67. The van der Waals surface area contributed by atoms with Gasteiger partial charge in [0.05, 0.1) is 12.2 Å². The second-order valence-corrected chi connectivity index (χ2v) is 6.09. The summed E-state index contributed by atoms with van der Waals surface area (Å²) in [5, 5.41) is 3.52. The van der Waals surface area contributed by atoms with Crippen molar-refractivity contribution >= 4 is 0 Å². The Hall–Kier alpha value is -0.120. The van der Waals surface area contributed by atoms with Gasteiger partial charge in [0.25, 0.3) is 0 Å². The Balaban J connectivity index is 1.80. The van der Waals surface area contributed by atoms with Gasteiger partial charge in [-0.1, -0.05) is 0 Å². The highest BCUT2D eigenvalue weighted by Crippen LogP contribution is 2.21. The molecule has 2 atom stereocenters. The van der Waals surface area contributed by atoms with E-state index in [-0.39, 0.29) is 5.60 Å². The van der Waals surface area contributed by atoms with Crippen LogP contribution in [0, 0.1) is 5.92 Å². The summed E-state index contributed by atoms with van der Waals surface area (Å²) in [6.45, 7) is 12.3. The van der Waals surface area contributed by atoms with Crippen LogP contribution in [0.15, 0.2) is 0 Å². The molecule has 1 N–H and O–H groups in total. The summed E-state index contributed by atoms with van der Waals surface area (Å²) in [5.74, 6) is 0.880. The summed E-state index contributed by atoms with van der Waals surface area (Å²) in [7, 11) is 0. The van der Waals surface area contributed by atoms with Crippen LogP contribution < -0.4 is 5.32 Å². The molecule has 94 valence electrons. The first-order chi connectivity index (χ1) is 7.55. The van der Waals surface area contributed by atoms with Crippen molar-refractivity contribution in [3.8, 4) is 0 Å². The van der Waals surface area contributed by atoms with Crippen molar-refractivity contribution in [3.05, 3.63) is 0 Å². The highest BCUT2D eigenvalue weighted by Gasteiger charge is 2.29. The molecule has 3 heteroatoms. The Bertz CT molecular complexity index is 230. The predicted molar refractivity (Wildman–Crippen MR) is 66.7 cm³/mol. The lowest BCUT2D eigenvalue weighted by atomic mass is 9.92. The topological polar surface area (TPSA) is 24.5 Å². The number of morpholine rings is 1. The minimum atomic E-state index is 0.0524. The fourth-order valence-corrected chi connectivity index (χ4v) is 3.04. The molecular weight excluding hydrogens is 200 g/mol. The van der Waals surface area contributed by atoms with Crippen LogP contribution in [0.2, 0.25) is 0 Å². The molecule has 2 aliphatic rings. The van der Waals surface area contributed by atoms with Crippen LogP contribution in [-0.4, -0.2) is 49.3 Å². The zero-order valence-corrected chi connectivity index (χ0v) is 11.0. The Labute approximate surface area is 99.5 Å². The number of hydrogen-bond acceptors (Lipinski definition) is 3. The normalized spacial score (nSPS) is 36.2. The van der Waals surface area contributed by atoms with Gasteiger partial charge in [-0.25, -0.2) is 0 Å². The minimum Gasteiger partial charge on any atom is -0.373 e. The SMILES string of the molecule is CC1CC(CN2CCOC(C)(C)C2)CCN1. The Morgan fingerprint density at radius 1 is 1.44 bits per heavy atom. The molecule has 2 saturated heterocycles. The van der Waals surface area contributed by atoms with E-state index < -0.39 is 0 Å². The van der Waals surface area contributed by atoms with Crippen molar-refractivity contribution in [1.82, 2.24) is 10.2 Å². The fraction of sp³-hybridized carbons (Fsp3) is 1.00. The molecule has 0 aliphatic carbocycles. The van der Waals surface area contributed by atoms with E-state index in [1.54, 1.807) is 0 Å². The molecule has 2 fully saturated rings. The van der Waals surface area contributed by atoms with Gasteiger partial charge in [0.2, 0.25) is 0 Å². The maximum atomic E-state index is 5.75. The summed E-state index contributed by atoms with van der Waals surface area (Å²) >= 11 is 0. The average molecular weight is 226 g/mol. The second kappa shape index (κ2) is 5.03. The molecule has 0 radical (unpaired) electrons. The summed E-state index contributed by atoms with van der Waals surface area (Å²) in [6, 6.07) is 0.702. The molecule has 2 rings (SSSR count). The van der Waals surface area contributed by atoms with Crippen LogP contribution in [0.5, 0.6) is 0 Å². The van der Waals surface area contributed by atoms with E-state index in [2.05, 4.69) is 31.0 Å². The largest absolute Gasteiger partial charge is 0.373 e. The van der Waals surface area contributed by atoms with E-state index in [1.165, 1.54) is 25.9 Å².